The molecule has 1 aliphatic rings. The van der Waals surface area contributed by atoms with E-state index in [4.69, 9.17) is 4.74 Å². The number of aromatic nitrogens is 1. The number of carbonyl (C=O) groups is 1. The minimum absolute atomic E-state index is 0.129. The van der Waals surface area contributed by atoms with Gasteiger partial charge >= 0.3 is 0 Å². The van der Waals surface area contributed by atoms with E-state index in [9.17, 15) is 4.79 Å². The van der Waals surface area contributed by atoms with E-state index in [1.54, 1.807) is 17.3 Å². The molecular formula is C15H22N2O2. The van der Waals surface area contributed by atoms with Gasteiger partial charge in [-0.15, -0.1) is 0 Å². The second-order valence-electron chi connectivity index (χ2n) is 5.11. The molecule has 0 saturated carbocycles. The normalized spacial score (nSPS) is 19.1. The van der Waals surface area contributed by atoms with Crippen LogP contribution in [0.25, 0.3) is 0 Å². The molecule has 1 aliphatic heterocycles. The first-order chi connectivity index (χ1) is 9.25. The molecule has 19 heavy (non-hydrogen) atoms. The molecule has 0 bridgehead atoms. The molecule has 1 amide bonds. The van der Waals surface area contributed by atoms with Crippen molar-refractivity contribution in [1.82, 2.24) is 9.88 Å². The molecule has 4 nitrogen and oxygen atoms in total. The van der Waals surface area contributed by atoms with Gasteiger partial charge in [0.1, 0.15) is 0 Å². The van der Waals surface area contributed by atoms with Crippen LogP contribution in [0.5, 0.6) is 0 Å². The Hall–Kier alpha value is -1.42. The lowest BCUT2D eigenvalue weighted by molar-refractivity contribution is -0.133. The maximum absolute atomic E-state index is 12.1. The molecular weight excluding hydrogens is 240 g/mol. The summed E-state index contributed by atoms with van der Waals surface area (Å²) in [5.41, 5.74) is 1.21. The number of hydrogen-bond donors (Lipinski definition) is 0. The van der Waals surface area contributed by atoms with E-state index in [1.807, 2.05) is 19.2 Å². The topological polar surface area (TPSA) is 42.4 Å². The van der Waals surface area contributed by atoms with Gasteiger partial charge in [-0.2, -0.15) is 0 Å². The summed E-state index contributed by atoms with van der Waals surface area (Å²) in [6, 6.07) is 3.98. The Kier molecular flexibility index (Phi) is 5.33. The van der Waals surface area contributed by atoms with Crippen LogP contribution < -0.4 is 0 Å². The number of amides is 1. The van der Waals surface area contributed by atoms with Crippen LogP contribution in [0.2, 0.25) is 0 Å². The molecule has 0 N–H and O–H groups in total. The summed E-state index contributed by atoms with van der Waals surface area (Å²) in [5, 5.41) is 0. The van der Waals surface area contributed by atoms with E-state index in [1.165, 1.54) is 12.0 Å². The van der Waals surface area contributed by atoms with Gasteiger partial charge < -0.3 is 9.64 Å². The number of rotatable bonds is 5. The van der Waals surface area contributed by atoms with Crippen molar-refractivity contribution in [3.63, 3.8) is 0 Å². The quantitative estimate of drug-likeness (QED) is 0.815. The average Bonchev–Trinajstić information content (AvgIpc) is 2.47. The zero-order valence-corrected chi connectivity index (χ0v) is 11.5. The standard InChI is InChI=1S/C15H22N2O2/c1-17(10-7-13-5-8-16-9-6-13)15(18)12-14-4-2-3-11-19-14/h5-6,8-9,14H,2-4,7,10-12H2,1H3. The zero-order valence-electron chi connectivity index (χ0n) is 11.5. The number of likely N-dealkylation sites (N-methyl/N-ethyl adjacent to an activating group) is 1. The first-order valence-electron chi connectivity index (χ1n) is 7.00. The lowest BCUT2D eigenvalue weighted by Crippen LogP contribution is -2.33. The molecule has 2 rings (SSSR count). The highest BCUT2D eigenvalue weighted by Crippen LogP contribution is 2.16. The van der Waals surface area contributed by atoms with E-state index >= 15 is 0 Å². The number of nitrogens with zero attached hydrogens (tertiary/aromatic N) is 2. The Bertz CT molecular complexity index is 388. The van der Waals surface area contributed by atoms with Crippen molar-refractivity contribution in [2.24, 2.45) is 0 Å². The summed E-state index contributed by atoms with van der Waals surface area (Å²) in [6.45, 7) is 1.55. The maximum Gasteiger partial charge on any atom is 0.224 e. The largest absolute Gasteiger partial charge is 0.378 e. The van der Waals surface area contributed by atoms with E-state index in [2.05, 4.69) is 4.98 Å². The SMILES string of the molecule is CN(CCc1ccncc1)C(=O)CC1CCCCO1. The summed E-state index contributed by atoms with van der Waals surface area (Å²) >= 11 is 0. The van der Waals surface area contributed by atoms with Gasteiger partial charge in [-0.1, -0.05) is 0 Å². The third-order valence-corrected chi connectivity index (χ3v) is 3.59. The Balaban J connectivity index is 1.72. The molecule has 2 heterocycles. The maximum atomic E-state index is 12.1. The highest BCUT2D eigenvalue weighted by atomic mass is 16.5. The van der Waals surface area contributed by atoms with Gasteiger partial charge in [0.05, 0.1) is 12.5 Å². The minimum Gasteiger partial charge on any atom is -0.378 e. The molecule has 1 saturated heterocycles. The zero-order chi connectivity index (χ0) is 13.5. The second kappa shape index (κ2) is 7.24. The van der Waals surface area contributed by atoms with Crippen molar-refractivity contribution in [3.05, 3.63) is 30.1 Å². The fourth-order valence-corrected chi connectivity index (χ4v) is 2.29. The van der Waals surface area contributed by atoms with Crippen LogP contribution in [0, 0.1) is 0 Å². The minimum atomic E-state index is 0.129. The second-order valence-corrected chi connectivity index (χ2v) is 5.11. The lowest BCUT2D eigenvalue weighted by atomic mass is 10.1. The van der Waals surface area contributed by atoms with Crippen molar-refractivity contribution >= 4 is 5.91 Å². The molecule has 1 unspecified atom stereocenters. The smallest absolute Gasteiger partial charge is 0.224 e. The summed E-state index contributed by atoms with van der Waals surface area (Å²) in [6.07, 6.45) is 8.42. The Morgan fingerprint density at radius 2 is 2.21 bits per heavy atom. The Morgan fingerprint density at radius 3 is 2.89 bits per heavy atom. The third-order valence-electron chi connectivity index (χ3n) is 3.59. The molecule has 1 aromatic heterocycles. The summed E-state index contributed by atoms with van der Waals surface area (Å²) in [5.74, 6) is 0.181. The van der Waals surface area contributed by atoms with Crippen molar-refractivity contribution in [2.75, 3.05) is 20.2 Å². The lowest BCUT2D eigenvalue weighted by Gasteiger charge is -2.24. The Labute approximate surface area is 114 Å². The molecule has 0 spiro atoms. The number of pyridine rings is 1. The first-order valence-corrected chi connectivity index (χ1v) is 7.00. The molecule has 1 aromatic rings. The summed E-state index contributed by atoms with van der Waals surface area (Å²) < 4.78 is 5.61. The van der Waals surface area contributed by atoms with Crippen LogP contribution in [-0.4, -0.2) is 42.1 Å². The molecule has 0 aliphatic carbocycles. The van der Waals surface area contributed by atoms with Gasteiger partial charge in [0.2, 0.25) is 5.91 Å². The van der Waals surface area contributed by atoms with Crippen molar-refractivity contribution in [1.29, 1.82) is 0 Å². The van der Waals surface area contributed by atoms with Gasteiger partial charge in [-0.05, 0) is 43.4 Å². The predicted molar refractivity (Wildman–Crippen MR) is 73.8 cm³/mol. The van der Waals surface area contributed by atoms with Gasteiger partial charge in [-0.25, -0.2) is 0 Å². The fourth-order valence-electron chi connectivity index (χ4n) is 2.29. The number of ether oxygens (including phenoxy) is 1. The first kappa shape index (κ1) is 14.0. The van der Waals surface area contributed by atoms with Crippen LogP contribution >= 0.6 is 0 Å². The molecule has 0 radical (unpaired) electrons. The van der Waals surface area contributed by atoms with Crippen LogP contribution in [0.1, 0.15) is 31.2 Å². The van der Waals surface area contributed by atoms with Gasteiger partial charge in [0, 0.05) is 32.6 Å². The van der Waals surface area contributed by atoms with Crippen molar-refractivity contribution < 1.29 is 9.53 Å². The number of hydrogen-bond acceptors (Lipinski definition) is 3. The molecule has 4 heteroatoms. The van der Waals surface area contributed by atoms with E-state index in [0.717, 1.165) is 32.4 Å². The van der Waals surface area contributed by atoms with Gasteiger partial charge in [-0.3, -0.25) is 9.78 Å². The van der Waals surface area contributed by atoms with Crippen LogP contribution in [0.3, 0.4) is 0 Å². The van der Waals surface area contributed by atoms with Crippen molar-refractivity contribution in [2.45, 2.75) is 38.2 Å². The average molecular weight is 262 g/mol. The third kappa shape index (κ3) is 4.63. The van der Waals surface area contributed by atoms with Crippen LogP contribution in [0.4, 0.5) is 0 Å². The fraction of sp³-hybridized carbons (Fsp3) is 0.600. The molecule has 1 fully saturated rings. The molecule has 0 aromatic carbocycles. The van der Waals surface area contributed by atoms with Crippen molar-refractivity contribution in [3.8, 4) is 0 Å². The van der Waals surface area contributed by atoms with E-state index in [0.29, 0.717) is 6.42 Å². The van der Waals surface area contributed by atoms with Gasteiger partial charge in [0.25, 0.3) is 0 Å². The summed E-state index contributed by atoms with van der Waals surface area (Å²) in [7, 11) is 1.87. The number of carbonyl (C=O) groups excluding carboxylic acids is 1. The monoisotopic (exact) mass is 262 g/mol. The Morgan fingerprint density at radius 1 is 1.42 bits per heavy atom. The van der Waals surface area contributed by atoms with E-state index < -0.39 is 0 Å². The van der Waals surface area contributed by atoms with Crippen LogP contribution in [0.15, 0.2) is 24.5 Å². The van der Waals surface area contributed by atoms with E-state index in [-0.39, 0.29) is 12.0 Å². The highest BCUT2D eigenvalue weighted by Gasteiger charge is 2.19. The highest BCUT2D eigenvalue weighted by molar-refractivity contribution is 5.76. The molecule has 104 valence electrons. The van der Waals surface area contributed by atoms with Crippen LogP contribution in [-0.2, 0) is 16.0 Å². The molecule has 1 atom stereocenters. The van der Waals surface area contributed by atoms with Gasteiger partial charge in [0.15, 0.2) is 0 Å². The summed E-state index contributed by atoms with van der Waals surface area (Å²) in [4.78, 5) is 17.9. The predicted octanol–water partition coefficient (Wildman–Crippen LogP) is 2.04.